The van der Waals surface area contributed by atoms with Gasteiger partial charge in [-0.15, -0.1) is 10.2 Å². The maximum Gasteiger partial charge on any atom is 0.267 e. The van der Waals surface area contributed by atoms with Gasteiger partial charge in [0.2, 0.25) is 11.7 Å². The van der Waals surface area contributed by atoms with Crippen LogP contribution in [-0.4, -0.2) is 57.2 Å². The number of fused-ring (bicyclic) bond motifs is 3. The maximum absolute atomic E-state index is 13.4. The molecule has 0 spiro atoms. The molecule has 10 heteroatoms. The van der Waals surface area contributed by atoms with E-state index in [2.05, 4.69) is 15.5 Å². The highest BCUT2D eigenvalue weighted by atomic mass is 32.2. The van der Waals surface area contributed by atoms with Crippen LogP contribution in [0.25, 0.3) is 22.4 Å². The van der Waals surface area contributed by atoms with E-state index in [1.165, 1.54) is 16.3 Å². The number of amides is 1. The molecule has 0 aliphatic carbocycles. The lowest BCUT2D eigenvalue weighted by molar-refractivity contribution is -0.119. The third-order valence-corrected chi connectivity index (χ3v) is 6.52. The summed E-state index contributed by atoms with van der Waals surface area (Å²) < 4.78 is 14.2. The van der Waals surface area contributed by atoms with E-state index in [0.717, 1.165) is 19.4 Å². The quantitative estimate of drug-likeness (QED) is 0.419. The van der Waals surface area contributed by atoms with Gasteiger partial charge in [-0.2, -0.15) is 0 Å². The Morgan fingerprint density at radius 2 is 2.12 bits per heavy atom. The van der Waals surface area contributed by atoms with Gasteiger partial charge in [-0.25, -0.2) is 4.57 Å². The van der Waals surface area contributed by atoms with Gasteiger partial charge in [0.15, 0.2) is 5.16 Å². The molecule has 33 heavy (non-hydrogen) atoms. The van der Waals surface area contributed by atoms with Crippen LogP contribution < -0.4 is 15.6 Å². The van der Waals surface area contributed by atoms with Gasteiger partial charge in [0.25, 0.3) is 5.56 Å². The minimum absolute atomic E-state index is 0.0918. The van der Waals surface area contributed by atoms with Crippen LogP contribution in [-0.2, 0) is 9.53 Å². The number of aromatic nitrogens is 4. The topological polar surface area (TPSA) is 99.8 Å². The molecule has 0 radical (unpaired) electrons. The first-order chi connectivity index (χ1) is 16.2. The van der Waals surface area contributed by atoms with Gasteiger partial charge in [0.05, 0.1) is 35.6 Å². The summed E-state index contributed by atoms with van der Waals surface area (Å²) in [7, 11) is 1.58. The van der Waals surface area contributed by atoms with E-state index in [-0.39, 0.29) is 23.3 Å². The molecular weight excluding hydrogens is 442 g/mol. The van der Waals surface area contributed by atoms with Gasteiger partial charge in [-0.1, -0.05) is 30.0 Å². The van der Waals surface area contributed by atoms with E-state index in [0.29, 0.717) is 39.8 Å². The molecule has 1 aliphatic rings. The Kier molecular flexibility index (Phi) is 6.01. The number of thioether (sulfide) groups is 1. The maximum atomic E-state index is 13.4. The number of ether oxygens (including phenoxy) is 2. The Morgan fingerprint density at radius 3 is 2.94 bits per heavy atom. The summed E-state index contributed by atoms with van der Waals surface area (Å²) in [6, 6.07) is 14.5. The second-order valence-corrected chi connectivity index (χ2v) is 8.65. The summed E-state index contributed by atoms with van der Waals surface area (Å²) in [4.78, 5) is 25.8. The number of methoxy groups -OCH3 is 1. The average Bonchev–Trinajstić information content (AvgIpc) is 3.52. The summed E-state index contributed by atoms with van der Waals surface area (Å²) in [5, 5.41) is 12.6. The van der Waals surface area contributed by atoms with E-state index < -0.39 is 0 Å². The molecule has 1 atom stereocenters. The fourth-order valence-electron chi connectivity index (χ4n) is 3.97. The van der Waals surface area contributed by atoms with Crippen molar-refractivity contribution in [3.8, 4) is 11.4 Å². The fraction of sp³-hybridized carbons (Fsp3) is 0.304. The highest BCUT2D eigenvalue weighted by Crippen LogP contribution is 2.24. The zero-order valence-electron chi connectivity index (χ0n) is 18.1. The van der Waals surface area contributed by atoms with Crippen LogP contribution >= 0.6 is 11.8 Å². The summed E-state index contributed by atoms with van der Waals surface area (Å²) in [5.74, 6) is 1.08. The molecule has 2 aromatic carbocycles. The number of carbonyl (C=O) groups excluding carboxylic acids is 1. The number of nitrogens with one attached hydrogen (secondary N) is 1. The molecule has 0 saturated carbocycles. The van der Waals surface area contributed by atoms with Gasteiger partial charge in [-0.05, 0) is 37.1 Å². The van der Waals surface area contributed by atoms with E-state index in [1.807, 2.05) is 40.8 Å². The Morgan fingerprint density at radius 1 is 1.24 bits per heavy atom. The fourth-order valence-corrected chi connectivity index (χ4v) is 4.74. The van der Waals surface area contributed by atoms with Crippen molar-refractivity contribution in [2.45, 2.75) is 24.1 Å². The van der Waals surface area contributed by atoms with Crippen LogP contribution in [0, 0.1) is 0 Å². The molecule has 1 amide bonds. The Hall–Kier alpha value is -3.37. The first kappa shape index (κ1) is 21.5. The van der Waals surface area contributed by atoms with E-state index in [9.17, 15) is 9.59 Å². The van der Waals surface area contributed by atoms with Crippen LogP contribution in [0.4, 0.5) is 0 Å². The SMILES string of the molecule is COc1cccc(-n2c(=O)c3ccccc3n3c(SCC(=O)NC[C@@H]4CCCO4)nnc23)c1. The van der Waals surface area contributed by atoms with Crippen molar-refractivity contribution in [1.29, 1.82) is 0 Å². The Bertz CT molecular complexity index is 1380. The largest absolute Gasteiger partial charge is 0.497 e. The van der Waals surface area contributed by atoms with Gasteiger partial charge in [0.1, 0.15) is 5.75 Å². The predicted octanol–water partition coefficient (Wildman–Crippen LogP) is 2.43. The highest BCUT2D eigenvalue weighted by molar-refractivity contribution is 7.99. The summed E-state index contributed by atoms with van der Waals surface area (Å²) in [6.45, 7) is 1.27. The first-order valence-corrected chi connectivity index (χ1v) is 11.7. The molecular formula is C23H23N5O4S. The highest BCUT2D eigenvalue weighted by Gasteiger charge is 2.20. The minimum Gasteiger partial charge on any atom is -0.497 e. The number of rotatable bonds is 7. The van der Waals surface area contributed by atoms with Crippen molar-refractivity contribution in [2.24, 2.45) is 0 Å². The second kappa shape index (κ2) is 9.24. The van der Waals surface area contributed by atoms with E-state index in [4.69, 9.17) is 9.47 Å². The molecule has 3 heterocycles. The average molecular weight is 466 g/mol. The van der Waals surface area contributed by atoms with Crippen LogP contribution in [0.5, 0.6) is 5.75 Å². The number of benzene rings is 2. The molecule has 1 fully saturated rings. The molecule has 4 aromatic rings. The molecule has 1 aliphatic heterocycles. The van der Waals surface area contributed by atoms with Crippen LogP contribution in [0.1, 0.15) is 12.8 Å². The normalized spacial score (nSPS) is 15.8. The molecule has 2 aromatic heterocycles. The van der Waals surface area contributed by atoms with Crippen LogP contribution in [0.15, 0.2) is 58.5 Å². The number of hydrogen-bond donors (Lipinski definition) is 1. The lowest BCUT2D eigenvalue weighted by atomic mass is 10.2. The summed E-state index contributed by atoms with van der Waals surface area (Å²) in [5.41, 5.74) is 1.10. The smallest absolute Gasteiger partial charge is 0.267 e. The third-order valence-electron chi connectivity index (χ3n) is 5.59. The molecule has 0 bridgehead atoms. The second-order valence-electron chi connectivity index (χ2n) is 7.70. The number of nitrogens with zero attached hydrogens (tertiary/aromatic N) is 4. The molecule has 1 saturated heterocycles. The van der Waals surface area contributed by atoms with E-state index in [1.54, 1.807) is 19.2 Å². The molecule has 170 valence electrons. The van der Waals surface area contributed by atoms with Crippen molar-refractivity contribution in [1.82, 2.24) is 24.5 Å². The van der Waals surface area contributed by atoms with Crippen molar-refractivity contribution in [2.75, 3.05) is 26.0 Å². The zero-order valence-corrected chi connectivity index (χ0v) is 18.9. The van der Waals surface area contributed by atoms with Gasteiger partial charge >= 0.3 is 0 Å². The number of hydrogen-bond acceptors (Lipinski definition) is 7. The van der Waals surface area contributed by atoms with Crippen LogP contribution in [0.2, 0.25) is 0 Å². The minimum atomic E-state index is -0.204. The lowest BCUT2D eigenvalue weighted by Gasteiger charge is -2.12. The summed E-state index contributed by atoms with van der Waals surface area (Å²) >= 11 is 1.28. The first-order valence-electron chi connectivity index (χ1n) is 10.7. The molecule has 5 rings (SSSR count). The predicted molar refractivity (Wildman–Crippen MR) is 125 cm³/mol. The van der Waals surface area contributed by atoms with Crippen molar-refractivity contribution >= 4 is 34.3 Å². The zero-order chi connectivity index (χ0) is 22.8. The Labute approximate surface area is 193 Å². The molecule has 0 unspecified atom stereocenters. The lowest BCUT2D eigenvalue weighted by Crippen LogP contribution is -2.32. The van der Waals surface area contributed by atoms with Crippen molar-refractivity contribution < 1.29 is 14.3 Å². The standard InChI is InChI=1S/C23H23N5O4S/c1-31-16-7-4-6-15(12-16)27-21(30)18-9-2-3-10-19(18)28-22(27)25-26-23(28)33-14-20(29)24-13-17-8-5-11-32-17/h2-4,6-7,9-10,12,17H,5,8,11,13-14H2,1H3,(H,24,29)/t17-/m0/s1. The Balaban J connectivity index is 1.51. The van der Waals surface area contributed by atoms with Crippen molar-refractivity contribution in [3.63, 3.8) is 0 Å². The van der Waals surface area contributed by atoms with Gasteiger partial charge in [0, 0.05) is 19.2 Å². The third kappa shape index (κ3) is 4.19. The molecule has 9 nitrogen and oxygen atoms in total. The van der Waals surface area contributed by atoms with Gasteiger partial charge < -0.3 is 14.8 Å². The van der Waals surface area contributed by atoms with Crippen molar-refractivity contribution in [3.05, 3.63) is 58.9 Å². The molecule has 1 N–H and O–H groups in total. The monoisotopic (exact) mass is 465 g/mol. The van der Waals surface area contributed by atoms with Crippen LogP contribution in [0.3, 0.4) is 0 Å². The number of para-hydroxylation sites is 1. The number of carbonyl (C=O) groups is 1. The van der Waals surface area contributed by atoms with E-state index >= 15 is 0 Å². The summed E-state index contributed by atoms with van der Waals surface area (Å²) in [6.07, 6.45) is 2.09. The van der Waals surface area contributed by atoms with Gasteiger partial charge in [-0.3, -0.25) is 14.0 Å².